The van der Waals surface area contributed by atoms with Gasteiger partial charge in [0.2, 0.25) is 8.03 Å². The van der Waals surface area contributed by atoms with Crippen molar-refractivity contribution in [3.63, 3.8) is 0 Å². The zero-order valence-electron chi connectivity index (χ0n) is 9.30. The number of carbonyl (C=O) groups is 1. The van der Waals surface area contributed by atoms with Gasteiger partial charge in [-0.25, -0.2) is 0 Å². The van der Waals surface area contributed by atoms with Crippen LogP contribution in [0.4, 0.5) is 0 Å². The minimum Gasteiger partial charge on any atom is -0.469 e. The number of rotatable bonds is 5. The molecule has 0 amide bonds. The van der Waals surface area contributed by atoms with Gasteiger partial charge < -0.3 is 9.26 Å². The Morgan fingerprint density at radius 3 is 2.56 bits per heavy atom. The largest absolute Gasteiger partial charge is 0.469 e. The third-order valence-electron chi connectivity index (χ3n) is 2.00. The van der Waals surface area contributed by atoms with Gasteiger partial charge in [0.05, 0.1) is 19.6 Å². The fraction of sp³-hybridized carbons (Fsp3) is 0.364. The van der Waals surface area contributed by atoms with E-state index in [0.717, 1.165) is 0 Å². The summed E-state index contributed by atoms with van der Waals surface area (Å²) in [6.45, 7) is 1.70. The predicted molar refractivity (Wildman–Crippen MR) is 62.3 cm³/mol. The Balaban J connectivity index is 2.49. The second-order valence-electron chi connectivity index (χ2n) is 3.36. The molecule has 2 atom stereocenters. The van der Waals surface area contributed by atoms with Crippen LogP contribution in [-0.2, 0) is 18.6 Å². The molecule has 0 aliphatic heterocycles. The van der Waals surface area contributed by atoms with E-state index in [0.29, 0.717) is 5.30 Å². The van der Waals surface area contributed by atoms with Crippen LogP contribution in [0.5, 0.6) is 0 Å². The lowest BCUT2D eigenvalue weighted by molar-refractivity contribution is -0.142. The summed E-state index contributed by atoms with van der Waals surface area (Å²) in [6, 6.07) is 8.92. The van der Waals surface area contributed by atoms with Crippen molar-refractivity contribution in [1.29, 1.82) is 0 Å². The van der Waals surface area contributed by atoms with Crippen molar-refractivity contribution in [3.8, 4) is 0 Å². The Labute approximate surface area is 95.4 Å². The molecule has 5 heteroatoms. The highest BCUT2D eigenvalue weighted by atomic mass is 31.1. The van der Waals surface area contributed by atoms with E-state index in [9.17, 15) is 9.36 Å². The molecule has 0 bridgehead atoms. The van der Waals surface area contributed by atoms with E-state index in [-0.39, 0.29) is 12.4 Å². The second-order valence-corrected chi connectivity index (χ2v) is 4.75. The van der Waals surface area contributed by atoms with Crippen molar-refractivity contribution in [2.75, 3.05) is 7.11 Å². The van der Waals surface area contributed by atoms with Gasteiger partial charge in [-0.1, -0.05) is 18.2 Å². The van der Waals surface area contributed by atoms with E-state index < -0.39 is 14.1 Å². The molecular weight excluding hydrogens is 227 g/mol. The monoisotopic (exact) mass is 242 g/mol. The summed E-state index contributed by atoms with van der Waals surface area (Å²) < 4.78 is 21.5. The van der Waals surface area contributed by atoms with Crippen LogP contribution in [0.2, 0.25) is 0 Å². The summed E-state index contributed by atoms with van der Waals surface area (Å²) in [7, 11) is -0.962. The molecule has 0 saturated heterocycles. The van der Waals surface area contributed by atoms with Crippen molar-refractivity contribution in [3.05, 3.63) is 30.3 Å². The lowest BCUT2D eigenvalue weighted by atomic mass is 10.3. The molecule has 88 valence electrons. The minimum atomic E-state index is -2.28. The smallest absolute Gasteiger partial charge is 0.308 e. The van der Waals surface area contributed by atoms with Crippen LogP contribution < -0.4 is 5.30 Å². The third kappa shape index (κ3) is 4.17. The van der Waals surface area contributed by atoms with Crippen molar-refractivity contribution < 1.29 is 18.6 Å². The van der Waals surface area contributed by atoms with Crippen LogP contribution in [0.15, 0.2) is 30.3 Å². The number of ether oxygens (including phenoxy) is 1. The third-order valence-corrected chi connectivity index (χ3v) is 3.42. The Kier molecular flexibility index (Phi) is 5.23. The van der Waals surface area contributed by atoms with Gasteiger partial charge in [0.1, 0.15) is 0 Å². The Hall–Kier alpha value is -1.12. The van der Waals surface area contributed by atoms with E-state index in [1.54, 1.807) is 31.2 Å². The fourth-order valence-corrected chi connectivity index (χ4v) is 2.23. The quantitative estimate of drug-likeness (QED) is 0.583. The molecule has 2 unspecified atom stereocenters. The first-order chi connectivity index (χ1) is 7.63. The maximum atomic E-state index is 11.7. The molecule has 1 aromatic carbocycles. The Bertz CT molecular complexity index is 364. The van der Waals surface area contributed by atoms with E-state index in [2.05, 4.69) is 4.74 Å². The van der Waals surface area contributed by atoms with Gasteiger partial charge >= 0.3 is 5.97 Å². The van der Waals surface area contributed by atoms with Crippen molar-refractivity contribution in [2.45, 2.75) is 19.4 Å². The first-order valence-electron chi connectivity index (χ1n) is 4.96. The average molecular weight is 242 g/mol. The Morgan fingerprint density at radius 1 is 1.38 bits per heavy atom. The lowest BCUT2D eigenvalue weighted by Crippen LogP contribution is -2.14. The van der Waals surface area contributed by atoms with Gasteiger partial charge in [-0.2, -0.15) is 0 Å². The van der Waals surface area contributed by atoms with Crippen LogP contribution in [0.25, 0.3) is 0 Å². The minimum absolute atomic E-state index is 0.111. The van der Waals surface area contributed by atoms with Gasteiger partial charge in [0.25, 0.3) is 0 Å². The van der Waals surface area contributed by atoms with Crippen LogP contribution in [0, 0.1) is 0 Å². The predicted octanol–water partition coefficient (Wildman–Crippen LogP) is 1.75. The first-order valence-corrected chi connectivity index (χ1v) is 6.28. The van der Waals surface area contributed by atoms with Gasteiger partial charge in [-0.3, -0.25) is 9.36 Å². The summed E-state index contributed by atoms with van der Waals surface area (Å²) in [6.07, 6.45) is -0.293. The number of esters is 1. The van der Waals surface area contributed by atoms with Crippen molar-refractivity contribution in [1.82, 2.24) is 0 Å². The van der Waals surface area contributed by atoms with Gasteiger partial charge in [-0.05, 0) is 19.1 Å². The van der Waals surface area contributed by atoms with Crippen LogP contribution >= 0.6 is 8.03 Å². The second kappa shape index (κ2) is 6.46. The number of hydrogen-bond donors (Lipinski definition) is 0. The van der Waals surface area contributed by atoms with Crippen LogP contribution in [0.1, 0.15) is 13.3 Å². The molecule has 0 radical (unpaired) electrons. The first kappa shape index (κ1) is 12.9. The summed E-state index contributed by atoms with van der Waals surface area (Å²) in [5, 5.41) is 0.657. The molecule has 0 aliphatic carbocycles. The zero-order valence-corrected chi connectivity index (χ0v) is 10.3. The highest BCUT2D eigenvalue weighted by Crippen LogP contribution is 2.24. The maximum Gasteiger partial charge on any atom is 0.308 e. The molecule has 0 N–H and O–H groups in total. The molecule has 0 spiro atoms. The average Bonchev–Trinajstić information content (AvgIpc) is 2.29. The van der Waals surface area contributed by atoms with Crippen LogP contribution in [0.3, 0.4) is 0 Å². The van der Waals surface area contributed by atoms with E-state index in [1.165, 1.54) is 7.11 Å². The van der Waals surface area contributed by atoms with Crippen molar-refractivity contribution in [2.24, 2.45) is 0 Å². The maximum absolute atomic E-state index is 11.7. The molecule has 0 aliphatic rings. The molecule has 0 fully saturated rings. The Morgan fingerprint density at radius 2 is 2.00 bits per heavy atom. The van der Waals surface area contributed by atoms with Crippen LogP contribution in [-0.4, -0.2) is 19.2 Å². The number of carbonyl (C=O) groups excluding carboxylic acids is 1. The molecule has 0 saturated carbocycles. The number of hydrogen-bond acceptors (Lipinski definition) is 4. The van der Waals surface area contributed by atoms with E-state index in [1.807, 2.05) is 6.07 Å². The molecule has 1 aromatic rings. The highest BCUT2D eigenvalue weighted by Gasteiger charge is 2.13. The summed E-state index contributed by atoms with van der Waals surface area (Å²) in [5.74, 6) is -0.365. The molecule has 4 nitrogen and oxygen atoms in total. The topological polar surface area (TPSA) is 52.6 Å². The van der Waals surface area contributed by atoms with E-state index >= 15 is 0 Å². The zero-order chi connectivity index (χ0) is 12.0. The molecular formula is C11H15O4P. The summed E-state index contributed by atoms with van der Waals surface area (Å²) in [4.78, 5) is 10.9. The number of benzene rings is 1. The fourth-order valence-electron chi connectivity index (χ4n) is 1.18. The summed E-state index contributed by atoms with van der Waals surface area (Å²) >= 11 is 0. The number of methoxy groups -OCH3 is 1. The lowest BCUT2D eigenvalue weighted by Gasteiger charge is -2.11. The molecule has 0 aromatic heterocycles. The van der Waals surface area contributed by atoms with Gasteiger partial charge in [-0.15, -0.1) is 0 Å². The molecule has 1 rings (SSSR count). The normalized spacial score (nSPS) is 14.1. The SMILES string of the molecule is COC(=O)CC(C)O[PH](=O)c1ccccc1. The van der Waals surface area contributed by atoms with Gasteiger partial charge in [0, 0.05) is 5.30 Å². The van der Waals surface area contributed by atoms with Crippen molar-refractivity contribution >= 4 is 19.3 Å². The van der Waals surface area contributed by atoms with Gasteiger partial charge in [0.15, 0.2) is 0 Å². The molecule has 0 heterocycles. The summed E-state index contributed by atoms with van der Waals surface area (Å²) in [5.41, 5.74) is 0. The molecule has 16 heavy (non-hydrogen) atoms. The van der Waals surface area contributed by atoms with E-state index in [4.69, 9.17) is 4.52 Å². The standard InChI is InChI=1S/C11H15O4P/c1-9(8-11(12)14-2)15-16(13)10-6-4-3-5-7-10/h3-7,9,16H,8H2,1-2H3. The highest BCUT2D eigenvalue weighted by molar-refractivity contribution is 7.48.